The van der Waals surface area contributed by atoms with Gasteiger partial charge in [0.25, 0.3) is 0 Å². The van der Waals surface area contributed by atoms with Crippen LogP contribution in [-0.4, -0.2) is 16.2 Å². The Kier molecular flexibility index (Phi) is 2.44. The first-order valence-electron chi connectivity index (χ1n) is 4.29. The molecule has 0 aliphatic carbocycles. The fourth-order valence-electron chi connectivity index (χ4n) is 1.59. The van der Waals surface area contributed by atoms with Crippen LogP contribution in [0.4, 0.5) is 5.69 Å². The van der Waals surface area contributed by atoms with E-state index in [9.17, 15) is 4.79 Å². The number of hydrogen-bond donors (Lipinski definition) is 1. The summed E-state index contributed by atoms with van der Waals surface area (Å²) in [5.74, 6) is -1.00. The summed E-state index contributed by atoms with van der Waals surface area (Å²) in [7, 11) is 0. The highest BCUT2D eigenvalue weighted by Gasteiger charge is 2.42. The lowest BCUT2D eigenvalue weighted by Crippen LogP contribution is -2.26. The molecule has 0 amide bonds. The van der Waals surface area contributed by atoms with Crippen molar-refractivity contribution < 1.29 is 9.90 Å². The molecule has 1 atom stereocenters. The van der Waals surface area contributed by atoms with Crippen molar-refractivity contribution in [1.82, 2.24) is 0 Å². The average Bonchev–Trinajstić information content (AvgIpc) is 2.39. The monoisotopic (exact) mass is 243 g/mol. The van der Waals surface area contributed by atoms with Crippen molar-refractivity contribution in [3.8, 4) is 0 Å². The number of hydrogen-bond acceptors (Lipinski definition) is 2. The molecule has 0 saturated heterocycles. The molecule has 1 aromatic rings. The molecular weight excluding hydrogens is 237 g/mol. The summed E-state index contributed by atoms with van der Waals surface area (Å²) in [6, 6.07) is 7.08. The first-order chi connectivity index (χ1) is 7.04. The Hall–Kier alpha value is -1.06. The molecule has 1 N–H and O–H groups in total. The van der Waals surface area contributed by atoms with E-state index in [-0.39, 0.29) is 11.6 Å². The van der Waals surface area contributed by atoms with Crippen LogP contribution in [-0.2, 0) is 9.67 Å². The number of benzene rings is 1. The van der Waals surface area contributed by atoms with Gasteiger partial charge in [0.15, 0.2) is 0 Å². The molecule has 1 aliphatic heterocycles. The highest BCUT2D eigenvalue weighted by Crippen LogP contribution is 2.46. The number of carboxylic acids is 1. The number of para-hydroxylation sites is 1. The summed E-state index contributed by atoms with van der Waals surface area (Å²) in [6.45, 7) is 0. The first kappa shape index (κ1) is 10.5. The third-order valence-corrected chi connectivity index (χ3v) is 3.29. The highest BCUT2D eigenvalue weighted by molar-refractivity contribution is 6.73. The molecule has 3 nitrogen and oxygen atoms in total. The highest BCUT2D eigenvalue weighted by atomic mass is 35.5. The summed E-state index contributed by atoms with van der Waals surface area (Å²) in [5.41, 5.74) is 1.29. The van der Waals surface area contributed by atoms with E-state index < -0.39 is 10.8 Å². The van der Waals surface area contributed by atoms with E-state index in [2.05, 4.69) is 4.99 Å². The number of halogens is 2. The van der Waals surface area contributed by atoms with Gasteiger partial charge >= 0.3 is 5.97 Å². The molecular formula is C10H7Cl2NO2. The van der Waals surface area contributed by atoms with Crippen LogP contribution in [0.3, 0.4) is 0 Å². The van der Waals surface area contributed by atoms with Gasteiger partial charge in [-0.1, -0.05) is 29.8 Å². The molecule has 5 heteroatoms. The van der Waals surface area contributed by atoms with E-state index in [0.717, 1.165) is 0 Å². The van der Waals surface area contributed by atoms with Gasteiger partial charge in [-0.25, -0.2) is 4.99 Å². The average molecular weight is 244 g/mol. The van der Waals surface area contributed by atoms with Crippen LogP contribution in [0.2, 0.25) is 0 Å². The van der Waals surface area contributed by atoms with E-state index in [1.54, 1.807) is 24.3 Å². The SMILES string of the molecule is O=C(O)CC1(Cl)C(Cl)=Nc2ccccc21. The normalized spacial score (nSPS) is 23.5. The maximum Gasteiger partial charge on any atom is 0.305 e. The number of alkyl halides is 1. The lowest BCUT2D eigenvalue weighted by atomic mass is 9.97. The van der Waals surface area contributed by atoms with Crippen LogP contribution in [0.15, 0.2) is 29.3 Å². The van der Waals surface area contributed by atoms with Gasteiger partial charge in [-0.05, 0) is 6.07 Å². The molecule has 0 radical (unpaired) electrons. The smallest absolute Gasteiger partial charge is 0.305 e. The summed E-state index contributed by atoms with van der Waals surface area (Å²) in [6.07, 6.45) is -0.270. The summed E-state index contributed by atoms with van der Waals surface area (Å²) in [4.78, 5) is 13.6. The molecule has 0 bridgehead atoms. The molecule has 0 spiro atoms. The summed E-state index contributed by atoms with van der Waals surface area (Å²) in [5, 5.41) is 8.90. The fourth-order valence-corrected chi connectivity index (χ4v) is 2.16. The van der Waals surface area contributed by atoms with E-state index in [4.69, 9.17) is 28.3 Å². The molecule has 1 heterocycles. The summed E-state index contributed by atoms with van der Waals surface area (Å²) < 4.78 is 0. The zero-order valence-electron chi connectivity index (χ0n) is 7.58. The van der Waals surface area contributed by atoms with Gasteiger partial charge in [0.1, 0.15) is 10.0 Å². The lowest BCUT2D eigenvalue weighted by molar-refractivity contribution is -0.137. The van der Waals surface area contributed by atoms with Crippen molar-refractivity contribution in [3.63, 3.8) is 0 Å². The standard InChI is InChI=1S/C10H7Cl2NO2/c11-9-10(12,5-8(14)15)6-3-1-2-4-7(6)13-9/h1-4H,5H2,(H,14,15). The number of aliphatic imine (C=N–C) groups is 1. The second-order valence-electron chi connectivity index (χ2n) is 3.29. The third-order valence-electron chi connectivity index (χ3n) is 2.27. The zero-order chi connectivity index (χ0) is 11.1. The van der Waals surface area contributed by atoms with Crippen LogP contribution in [0, 0.1) is 0 Å². The van der Waals surface area contributed by atoms with Crippen molar-refractivity contribution in [2.45, 2.75) is 11.3 Å². The van der Waals surface area contributed by atoms with E-state index >= 15 is 0 Å². The minimum absolute atomic E-state index is 0.118. The topological polar surface area (TPSA) is 49.7 Å². The molecule has 78 valence electrons. The number of nitrogens with zero attached hydrogens (tertiary/aromatic N) is 1. The minimum Gasteiger partial charge on any atom is -0.481 e. The predicted molar refractivity (Wildman–Crippen MR) is 59.2 cm³/mol. The molecule has 1 aromatic carbocycles. The Balaban J connectivity index is 2.51. The van der Waals surface area contributed by atoms with Gasteiger partial charge in [0.05, 0.1) is 12.1 Å². The third kappa shape index (κ3) is 1.62. The first-order valence-corrected chi connectivity index (χ1v) is 5.04. The Bertz CT molecular complexity index is 458. The van der Waals surface area contributed by atoms with Crippen LogP contribution < -0.4 is 0 Å². The Morgan fingerprint density at radius 3 is 2.80 bits per heavy atom. The van der Waals surface area contributed by atoms with Gasteiger partial charge in [0, 0.05) is 5.56 Å². The second kappa shape index (κ2) is 3.51. The Morgan fingerprint density at radius 1 is 1.47 bits per heavy atom. The minimum atomic E-state index is -1.20. The summed E-state index contributed by atoms with van der Waals surface area (Å²) >= 11 is 12.1. The Labute approximate surface area is 96.3 Å². The van der Waals surface area contributed by atoms with E-state index in [1.807, 2.05) is 0 Å². The van der Waals surface area contributed by atoms with Crippen molar-refractivity contribution >= 4 is 40.0 Å². The molecule has 2 rings (SSSR count). The molecule has 0 aromatic heterocycles. The maximum atomic E-state index is 10.7. The van der Waals surface area contributed by atoms with Crippen molar-refractivity contribution in [1.29, 1.82) is 0 Å². The van der Waals surface area contributed by atoms with Gasteiger partial charge in [-0.2, -0.15) is 0 Å². The molecule has 15 heavy (non-hydrogen) atoms. The molecule has 0 fully saturated rings. The van der Waals surface area contributed by atoms with Crippen molar-refractivity contribution in [3.05, 3.63) is 29.8 Å². The van der Waals surface area contributed by atoms with Crippen LogP contribution in [0.25, 0.3) is 0 Å². The molecule has 1 aliphatic rings. The van der Waals surface area contributed by atoms with Gasteiger partial charge in [-0.15, -0.1) is 11.6 Å². The fraction of sp³-hybridized carbons (Fsp3) is 0.200. The van der Waals surface area contributed by atoms with Crippen LogP contribution in [0.5, 0.6) is 0 Å². The van der Waals surface area contributed by atoms with Crippen molar-refractivity contribution in [2.75, 3.05) is 0 Å². The Morgan fingerprint density at radius 2 is 2.13 bits per heavy atom. The van der Waals surface area contributed by atoms with Gasteiger partial charge in [-0.3, -0.25) is 4.79 Å². The number of carbonyl (C=O) groups is 1. The predicted octanol–water partition coefficient (Wildman–Crippen LogP) is 2.88. The number of fused-ring (bicyclic) bond motifs is 1. The van der Waals surface area contributed by atoms with Crippen molar-refractivity contribution in [2.24, 2.45) is 4.99 Å². The number of aliphatic carboxylic acids is 1. The van der Waals surface area contributed by atoms with Gasteiger partial charge < -0.3 is 5.11 Å². The van der Waals surface area contributed by atoms with Crippen LogP contribution >= 0.6 is 23.2 Å². The van der Waals surface area contributed by atoms with E-state index in [1.165, 1.54) is 0 Å². The second-order valence-corrected chi connectivity index (χ2v) is 4.29. The molecule has 1 unspecified atom stereocenters. The van der Waals surface area contributed by atoms with Gasteiger partial charge in [0.2, 0.25) is 0 Å². The van der Waals surface area contributed by atoms with Crippen LogP contribution in [0.1, 0.15) is 12.0 Å². The van der Waals surface area contributed by atoms with E-state index in [0.29, 0.717) is 11.3 Å². The zero-order valence-corrected chi connectivity index (χ0v) is 9.09. The quantitative estimate of drug-likeness (QED) is 0.813. The largest absolute Gasteiger partial charge is 0.481 e. The maximum absolute atomic E-state index is 10.7. The molecule has 0 saturated carbocycles. The number of carboxylic acid groups (broad SMARTS) is 1. The lowest BCUT2D eigenvalue weighted by Gasteiger charge is -2.19. The number of rotatable bonds is 2.